The number of rotatable bonds is 6. The minimum atomic E-state index is -0.330. The van der Waals surface area contributed by atoms with E-state index in [4.69, 9.17) is 9.52 Å². The zero-order valence-electron chi connectivity index (χ0n) is 10.9. The fourth-order valence-corrected chi connectivity index (χ4v) is 1.79. The van der Waals surface area contributed by atoms with Crippen LogP contribution in [0.3, 0.4) is 0 Å². The molecule has 1 heterocycles. The van der Waals surface area contributed by atoms with E-state index in [1.165, 1.54) is 11.2 Å². The Bertz CT molecular complexity index is 451. The van der Waals surface area contributed by atoms with Crippen molar-refractivity contribution in [2.75, 3.05) is 26.7 Å². The fourth-order valence-electron chi connectivity index (χ4n) is 1.79. The third kappa shape index (κ3) is 3.35. The molecule has 19 heavy (non-hydrogen) atoms. The topological polar surface area (TPSA) is 82.8 Å². The Balaban J connectivity index is 1.77. The van der Waals surface area contributed by atoms with Gasteiger partial charge in [-0.05, 0) is 25.0 Å². The Labute approximate surface area is 111 Å². The largest absolute Gasteiger partial charge is 0.459 e. The molecule has 0 aromatic carbocycles. The number of likely N-dealkylation sites (N-methyl/N-ethyl adjacent to an activating group) is 1. The van der Waals surface area contributed by atoms with Crippen LogP contribution in [0.2, 0.25) is 0 Å². The van der Waals surface area contributed by atoms with Crippen LogP contribution in [0.25, 0.3) is 0 Å². The van der Waals surface area contributed by atoms with Crippen LogP contribution in [0.15, 0.2) is 22.8 Å². The highest BCUT2D eigenvalue weighted by molar-refractivity contribution is 5.94. The average molecular weight is 266 g/mol. The number of hydrogen-bond acceptors (Lipinski definition) is 4. The zero-order chi connectivity index (χ0) is 13.9. The predicted octanol–water partition coefficient (Wildman–Crippen LogP) is 0.240. The molecule has 0 bridgehead atoms. The van der Waals surface area contributed by atoms with Gasteiger partial charge in [0.15, 0.2) is 5.76 Å². The number of hydrogen-bond donors (Lipinski definition) is 2. The summed E-state index contributed by atoms with van der Waals surface area (Å²) in [7, 11) is 1.55. The molecule has 1 saturated carbocycles. The van der Waals surface area contributed by atoms with Gasteiger partial charge in [-0.3, -0.25) is 9.59 Å². The van der Waals surface area contributed by atoms with E-state index in [-0.39, 0.29) is 36.1 Å². The van der Waals surface area contributed by atoms with Crippen LogP contribution in [0, 0.1) is 5.41 Å². The molecule has 2 N–H and O–H groups in total. The first kappa shape index (κ1) is 13.6. The molecular weight excluding hydrogens is 248 g/mol. The highest BCUT2D eigenvalue weighted by Gasteiger charge is 2.42. The van der Waals surface area contributed by atoms with Crippen LogP contribution in [0.1, 0.15) is 23.4 Å². The third-order valence-electron chi connectivity index (χ3n) is 3.41. The first-order valence-electron chi connectivity index (χ1n) is 6.23. The molecule has 0 unspecified atom stereocenters. The Morgan fingerprint density at radius 2 is 2.26 bits per heavy atom. The van der Waals surface area contributed by atoms with Gasteiger partial charge in [-0.2, -0.15) is 0 Å². The van der Waals surface area contributed by atoms with Crippen molar-refractivity contribution in [2.24, 2.45) is 5.41 Å². The summed E-state index contributed by atoms with van der Waals surface area (Å²) in [6.07, 6.45) is 3.29. The summed E-state index contributed by atoms with van der Waals surface area (Å²) in [5.74, 6) is -0.352. The van der Waals surface area contributed by atoms with Gasteiger partial charge in [0, 0.05) is 19.0 Å². The van der Waals surface area contributed by atoms with Crippen LogP contribution >= 0.6 is 0 Å². The lowest BCUT2D eigenvalue weighted by atomic mass is 10.1. The number of nitrogens with one attached hydrogen (secondary N) is 1. The molecule has 0 spiro atoms. The molecule has 0 radical (unpaired) electrons. The Morgan fingerprint density at radius 1 is 1.53 bits per heavy atom. The van der Waals surface area contributed by atoms with Crippen LogP contribution in [-0.2, 0) is 4.79 Å². The highest BCUT2D eigenvalue weighted by atomic mass is 16.3. The molecule has 0 atom stereocenters. The summed E-state index contributed by atoms with van der Waals surface area (Å²) in [6.45, 7) is 0.528. The first-order chi connectivity index (χ1) is 9.06. The summed E-state index contributed by atoms with van der Waals surface area (Å²) in [5.41, 5.74) is -0.126. The first-order valence-corrected chi connectivity index (χ1v) is 6.23. The second-order valence-electron chi connectivity index (χ2n) is 5.07. The van der Waals surface area contributed by atoms with Crippen molar-refractivity contribution in [3.8, 4) is 0 Å². The van der Waals surface area contributed by atoms with Crippen LogP contribution < -0.4 is 5.32 Å². The third-order valence-corrected chi connectivity index (χ3v) is 3.41. The minimum Gasteiger partial charge on any atom is -0.459 e. The lowest BCUT2D eigenvalue weighted by molar-refractivity contribution is -0.121. The summed E-state index contributed by atoms with van der Waals surface area (Å²) in [4.78, 5) is 24.8. The van der Waals surface area contributed by atoms with E-state index in [1.807, 2.05) is 0 Å². The number of aliphatic hydroxyl groups excluding tert-OH is 1. The molecule has 2 rings (SSSR count). The molecule has 6 heteroatoms. The van der Waals surface area contributed by atoms with Crippen molar-refractivity contribution in [1.82, 2.24) is 10.2 Å². The summed E-state index contributed by atoms with van der Waals surface area (Å²) < 4.78 is 4.98. The predicted molar refractivity (Wildman–Crippen MR) is 67.4 cm³/mol. The quantitative estimate of drug-likeness (QED) is 0.772. The number of nitrogens with zero attached hydrogens (tertiary/aromatic N) is 1. The molecule has 1 aromatic rings. The van der Waals surface area contributed by atoms with Crippen LogP contribution in [0.4, 0.5) is 0 Å². The Hall–Kier alpha value is -1.82. The number of furan rings is 1. The second kappa shape index (κ2) is 5.44. The van der Waals surface area contributed by atoms with E-state index in [0.717, 1.165) is 12.8 Å². The van der Waals surface area contributed by atoms with Crippen molar-refractivity contribution in [2.45, 2.75) is 12.8 Å². The van der Waals surface area contributed by atoms with Crippen molar-refractivity contribution in [3.05, 3.63) is 24.2 Å². The second-order valence-corrected chi connectivity index (χ2v) is 5.07. The highest BCUT2D eigenvalue weighted by Crippen LogP contribution is 2.44. The van der Waals surface area contributed by atoms with Crippen molar-refractivity contribution in [3.63, 3.8) is 0 Å². The molecular formula is C13H18N2O4. The van der Waals surface area contributed by atoms with Crippen molar-refractivity contribution >= 4 is 11.8 Å². The van der Waals surface area contributed by atoms with E-state index >= 15 is 0 Å². The average Bonchev–Trinajstić information content (AvgIpc) is 2.98. The SMILES string of the molecule is CN(CC(=O)NCC1(CO)CC1)C(=O)c1ccco1. The minimum absolute atomic E-state index is 0.0267. The normalized spacial score (nSPS) is 15.9. The monoisotopic (exact) mass is 266 g/mol. The number of amides is 2. The maximum absolute atomic E-state index is 11.8. The zero-order valence-corrected chi connectivity index (χ0v) is 10.9. The molecule has 0 aliphatic heterocycles. The van der Waals surface area contributed by atoms with E-state index in [9.17, 15) is 9.59 Å². The van der Waals surface area contributed by atoms with E-state index < -0.39 is 0 Å². The molecule has 1 fully saturated rings. The number of carbonyl (C=O) groups excluding carboxylic acids is 2. The van der Waals surface area contributed by atoms with Gasteiger partial charge in [0.25, 0.3) is 5.91 Å². The standard InChI is InChI=1S/C13H18N2O4/c1-15(12(18)10-3-2-6-19-10)7-11(17)14-8-13(9-16)4-5-13/h2-3,6,16H,4-5,7-9H2,1H3,(H,14,17). The van der Waals surface area contributed by atoms with Gasteiger partial charge in [0.05, 0.1) is 19.4 Å². The van der Waals surface area contributed by atoms with Gasteiger partial charge in [-0.15, -0.1) is 0 Å². The van der Waals surface area contributed by atoms with Gasteiger partial charge in [-0.1, -0.05) is 0 Å². The summed E-state index contributed by atoms with van der Waals surface area (Å²) >= 11 is 0. The molecule has 1 aliphatic carbocycles. The molecule has 1 aromatic heterocycles. The maximum Gasteiger partial charge on any atom is 0.289 e. The Kier molecular flexibility index (Phi) is 3.90. The lowest BCUT2D eigenvalue weighted by Crippen LogP contribution is -2.40. The fraction of sp³-hybridized carbons (Fsp3) is 0.538. The molecule has 0 saturated heterocycles. The van der Waals surface area contributed by atoms with Gasteiger partial charge in [0.2, 0.25) is 5.91 Å². The molecule has 104 valence electrons. The van der Waals surface area contributed by atoms with Crippen molar-refractivity contribution < 1.29 is 19.1 Å². The molecule has 1 aliphatic rings. The summed E-state index contributed by atoms with van der Waals surface area (Å²) in [6, 6.07) is 3.18. The van der Waals surface area contributed by atoms with E-state index in [0.29, 0.717) is 6.54 Å². The smallest absolute Gasteiger partial charge is 0.289 e. The van der Waals surface area contributed by atoms with Gasteiger partial charge < -0.3 is 19.7 Å². The van der Waals surface area contributed by atoms with E-state index in [2.05, 4.69) is 5.32 Å². The maximum atomic E-state index is 11.8. The molecule has 6 nitrogen and oxygen atoms in total. The summed E-state index contributed by atoms with van der Waals surface area (Å²) in [5, 5.41) is 11.9. The van der Waals surface area contributed by atoms with Crippen molar-refractivity contribution in [1.29, 1.82) is 0 Å². The van der Waals surface area contributed by atoms with Gasteiger partial charge >= 0.3 is 0 Å². The van der Waals surface area contributed by atoms with Crippen LogP contribution in [-0.4, -0.2) is 48.6 Å². The van der Waals surface area contributed by atoms with E-state index in [1.54, 1.807) is 19.2 Å². The Morgan fingerprint density at radius 3 is 2.79 bits per heavy atom. The number of carbonyl (C=O) groups is 2. The van der Waals surface area contributed by atoms with Gasteiger partial charge in [-0.25, -0.2) is 0 Å². The molecule has 2 amide bonds. The lowest BCUT2D eigenvalue weighted by Gasteiger charge is -2.17. The van der Waals surface area contributed by atoms with Gasteiger partial charge in [0.1, 0.15) is 0 Å². The van der Waals surface area contributed by atoms with Crippen LogP contribution in [0.5, 0.6) is 0 Å². The number of aliphatic hydroxyl groups is 1.